The van der Waals surface area contributed by atoms with E-state index in [1.807, 2.05) is 4.72 Å². The van der Waals surface area contributed by atoms with Crippen molar-refractivity contribution in [3.63, 3.8) is 0 Å². The van der Waals surface area contributed by atoms with E-state index >= 15 is 0 Å². The summed E-state index contributed by atoms with van der Waals surface area (Å²) < 4.78 is 70.7. The van der Waals surface area contributed by atoms with Gasteiger partial charge in [-0.05, 0) is 36.4 Å². The number of hydrogen-bond acceptors (Lipinski definition) is 7. The summed E-state index contributed by atoms with van der Waals surface area (Å²) >= 11 is 0. The molecule has 0 amide bonds. The quantitative estimate of drug-likeness (QED) is 0.265. The largest absolute Gasteiger partial charge is 0.507 e. The molecule has 12 heteroatoms. The monoisotopic (exact) mass is 467 g/mol. The van der Waals surface area contributed by atoms with E-state index in [4.69, 9.17) is 4.42 Å². The summed E-state index contributed by atoms with van der Waals surface area (Å²) in [5, 5.41) is 29.7. The second kappa shape index (κ2) is 7.05. The molecule has 0 radical (unpaired) electrons. The van der Waals surface area contributed by atoms with Crippen molar-refractivity contribution in [3.05, 3.63) is 64.3 Å². The van der Waals surface area contributed by atoms with Crippen LogP contribution in [0.5, 0.6) is 17.2 Å². The average Bonchev–Trinajstić information content (AvgIpc) is 2.71. The number of rotatable bonds is 3. The Morgan fingerprint density at radius 2 is 1.53 bits per heavy atom. The van der Waals surface area contributed by atoms with Crippen molar-refractivity contribution in [1.82, 2.24) is 0 Å². The van der Waals surface area contributed by atoms with Gasteiger partial charge < -0.3 is 19.7 Å². The second-order valence-corrected chi connectivity index (χ2v) is 8.39. The summed E-state index contributed by atoms with van der Waals surface area (Å²) in [5.41, 5.74) is -2.89. The van der Waals surface area contributed by atoms with E-state index in [9.17, 15) is 41.7 Å². The zero-order valence-corrected chi connectivity index (χ0v) is 16.5. The van der Waals surface area contributed by atoms with Crippen LogP contribution < -0.4 is 10.2 Å². The van der Waals surface area contributed by atoms with Crippen molar-refractivity contribution in [2.24, 2.45) is 0 Å². The van der Waals surface area contributed by atoms with Gasteiger partial charge >= 0.3 is 6.18 Å². The molecule has 0 aliphatic rings. The SMILES string of the molecule is O=c1c2c(O)cccc2oc2cc(NS(=O)(=O)c3ccc(C(F)(F)F)cc3)c(O)c(O)c12. The molecular formula is C20H12F3NO7S. The minimum atomic E-state index is -4.66. The van der Waals surface area contributed by atoms with Crippen LogP contribution in [-0.2, 0) is 16.2 Å². The number of nitrogens with one attached hydrogen (secondary N) is 1. The van der Waals surface area contributed by atoms with Gasteiger partial charge in [-0.15, -0.1) is 0 Å². The van der Waals surface area contributed by atoms with Crippen LogP contribution in [0.4, 0.5) is 18.9 Å². The zero-order valence-electron chi connectivity index (χ0n) is 15.6. The Bertz CT molecular complexity index is 1540. The normalized spacial score (nSPS) is 12.3. The van der Waals surface area contributed by atoms with Gasteiger partial charge in [0.2, 0.25) is 5.43 Å². The highest BCUT2D eigenvalue weighted by atomic mass is 32.2. The number of hydrogen-bond donors (Lipinski definition) is 4. The molecular weight excluding hydrogens is 455 g/mol. The lowest BCUT2D eigenvalue weighted by molar-refractivity contribution is -0.137. The molecule has 0 spiro atoms. The lowest BCUT2D eigenvalue weighted by Crippen LogP contribution is -2.14. The van der Waals surface area contributed by atoms with E-state index in [-0.39, 0.29) is 16.6 Å². The predicted octanol–water partition coefficient (Wildman–Crippen LogP) is 3.88. The van der Waals surface area contributed by atoms with Crippen LogP contribution in [0, 0.1) is 0 Å². The molecule has 8 nitrogen and oxygen atoms in total. The summed E-state index contributed by atoms with van der Waals surface area (Å²) in [4.78, 5) is 12.1. The molecule has 0 unspecified atom stereocenters. The number of alkyl halides is 3. The molecule has 4 aromatic rings. The molecule has 4 N–H and O–H groups in total. The third kappa shape index (κ3) is 3.43. The first-order valence-corrected chi connectivity index (χ1v) is 10.2. The van der Waals surface area contributed by atoms with Gasteiger partial charge in [-0.25, -0.2) is 8.42 Å². The molecule has 0 saturated carbocycles. The van der Waals surface area contributed by atoms with Crippen molar-refractivity contribution < 1.29 is 41.3 Å². The Hall–Kier alpha value is -3.93. The van der Waals surface area contributed by atoms with Crippen molar-refractivity contribution in [3.8, 4) is 17.2 Å². The topological polar surface area (TPSA) is 137 Å². The highest BCUT2D eigenvalue weighted by Gasteiger charge is 2.31. The number of anilines is 1. The van der Waals surface area contributed by atoms with Gasteiger partial charge in [0.15, 0.2) is 11.5 Å². The van der Waals surface area contributed by atoms with Crippen LogP contribution in [0.15, 0.2) is 62.6 Å². The molecule has 0 aliphatic heterocycles. The summed E-state index contributed by atoms with van der Waals surface area (Å²) in [5.74, 6) is -2.45. The summed E-state index contributed by atoms with van der Waals surface area (Å²) in [6.07, 6.45) is -4.66. The Morgan fingerprint density at radius 1 is 0.875 bits per heavy atom. The maximum atomic E-state index is 12.7. The predicted molar refractivity (Wildman–Crippen MR) is 107 cm³/mol. The number of fused-ring (bicyclic) bond motifs is 2. The molecule has 1 heterocycles. The van der Waals surface area contributed by atoms with Crippen LogP contribution in [-0.4, -0.2) is 23.7 Å². The molecule has 166 valence electrons. The van der Waals surface area contributed by atoms with Gasteiger partial charge in [0, 0.05) is 6.07 Å². The minimum absolute atomic E-state index is 0.0656. The van der Waals surface area contributed by atoms with Crippen molar-refractivity contribution in [1.29, 1.82) is 0 Å². The number of halogens is 3. The first kappa shape index (κ1) is 21.3. The Labute approximate surface area is 176 Å². The van der Waals surface area contributed by atoms with E-state index in [2.05, 4.69) is 0 Å². The number of aromatic hydroxyl groups is 3. The lowest BCUT2D eigenvalue weighted by atomic mass is 10.1. The van der Waals surface area contributed by atoms with Gasteiger partial charge in [0.1, 0.15) is 27.7 Å². The van der Waals surface area contributed by atoms with Gasteiger partial charge in [-0.3, -0.25) is 9.52 Å². The molecule has 0 saturated heterocycles. The van der Waals surface area contributed by atoms with E-state index < -0.39 is 60.4 Å². The average molecular weight is 467 g/mol. The smallest absolute Gasteiger partial charge is 0.416 e. The number of phenols is 3. The maximum Gasteiger partial charge on any atom is 0.416 e. The highest BCUT2D eigenvalue weighted by molar-refractivity contribution is 7.92. The Kier molecular flexibility index (Phi) is 4.70. The first-order valence-electron chi connectivity index (χ1n) is 8.73. The van der Waals surface area contributed by atoms with Gasteiger partial charge in [0.05, 0.1) is 16.1 Å². The fourth-order valence-corrected chi connectivity index (χ4v) is 4.17. The number of sulfonamides is 1. The maximum absolute atomic E-state index is 12.7. The minimum Gasteiger partial charge on any atom is -0.507 e. The van der Waals surface area contributed by atoms with Crippen LogP contribution in [0.25, 0.3) is 21.9 Å². The van der Waals surface area contributed by atoms with E-state index in [1.165, 1.54) is 18.2 Å². The van der Waals surface area contributed by atoms with Crippen LogP contribution in [0.2, 0.25) is 0 Å². The molecule has 1 aromatic heterocycles. The number of phenolic OH excluding ortho intramolecular Hbond substituents is 3. The van der Waals surface area contributed by atoms with Gasteiger partial charge in [0.25, 0.3) is 10.0 Å². The molecule has 0 bridgehead atoms. The fraction of sp³-hybridized carbons (Fsp3) is 0.0500. The Morgan fingerprint density at radius 3 is 2.16 bits per heavy atom. The third-order valence-electron chi connectivity index (χ3n) is 4.65. The zero-order chi connectivity index (χ0) is 23.4. The fourth-order valence-electron chi connectivity index (χ4n) is 3.12. The molecule has 3 aromatic carbocycles. The Balaban J connectivity index is 1.84. The van der Waals surface area contributed by atoms with Crippen molar-refractivity contribution >= 4 is 37.6 Å². The van der Waals surface area contributed by atoms with E-state index in [0.29, 0.717) is 12.1 Å². The van der Waals surface area contributed by atoms with Gasteiger partial charge in [-0.1, -0.05) is 6.07 Å². The molecule has 32 heavy (non-hydrogen) atoms. The molecule has 4 rings (SSSR count). The number of benzene rings is 3. The molecule has 0 atom stereocenters. The lowest BCUT2D eigenvalue weighted by Gasteiger charge is -2.13. The third-order valence-corrected chi connectivity index (χ3v) is 6.03. The van der Waals surface area contributed by atoms with Crippen molar-refractivity contribution in [2.75, 3.05) is 4.72 Å². The van der Waals surface area contributed by atoms with E-state index in [1.54, 1.807) is 0 Å². The van der Waals surface area contributed by atoms with Gasteiger partial charge in [-0.2, -0.15) is 13.2 Å². The standard InChI is InChI=1S/C20H12F3NO7S/c21-20(22,23)9-4-6-10(7-5-9)32(29,30)24-11-8-14-16(19(28)17(11)26)18(27)15-12(25)2-1-3-13(15)31-14/h1-8,24-26,28H. The van der Waals surface area contributed by atoms with E-state index in [0.717, 1.165) is 18.2 Å². The molecule has 0 fully saturated rings. The summed E-state index contributed by atoms with van der Waals surface area (Å²) in [6.45, 7) is 0. The van der Waals surface area contributed by atoms with Crippen LogP contribution in [0.1, 0.15) is 5.56 Å². The van der Waals surface area contributed by atoms with Crippen LogP contribution >= 0.6 is 0 Å². The first-order chi connectivity index (χ1) is 14.9. The summed E-state index contributed by atoms with van der Waals surface area (Å²) in [7, 11) is -4.49. The second-order valence-electron chi connectivity index (χ2n) is 6.70. The molecule has 0 aliphatic carbocycles. The van der Waals surface area contributed by atoms with Crippen molar-refractivity contribution in [2.45, 2.75) is 11.1 Å². The van der Waals surface area contributed by atoms with Crippen LogP contribution in [0.3, 0.4) is 0 Å². The summed E-state index contributed by atoms with van der Waals surface area (Å²) in [6, 6.07) is 7.48. The highest BCUT2D eigenvalue weighted by Crippen LogP contribution is 2.41.